The molecular weight excluding hydrogens is 446 g/mol. The first-order valence-corrected chi connectivity index (χ1v) is 12.6. The van der Waals surface area contributed by atoms with Gasteiger partial charge in [0.05, 0.1) is 30.6 Å². The number of nitrogens with zero attached hydrogens (tertiary/aromatic N) is 5. The lowest BCUT2D eigenvalue weighted by Crippen LogP contribution is -2.65. The van der Waals surface area contributed by atoms with E-state index in [1.807, 2.05) is 13.8 Å². The predicted molar refractivity (Wildman–Crippen MR) is 131 cm³/mol. The van der Waals surface area contributed by atoms with Crippen LogP contribution in [0.3, 0.4) is 0 Å². The second-order valence-corrected chi connectivity index (χ2v) is 11.0. The third-order valence-corrected chi connectivity index (χ3v) is 7.60. The first kappa shape index (κ1) is 23.9. The number of imidazole rings is 1. The van der Waals surface area contributed by atoms with Crippen molar-refractivity contribution in [3.8, 4) is 0 Å². The van der Waals surface area contributed by atoms with Crippen LogP contribution in [0, 0.1) is 0 Å². The summed E-state index contributed by atoms with van der Waals surface area (Å²) in [5.74, 6) is -0.165. The zero-order chi connectivity index (χ0) is 25.0. The van der Waals surface area contributed by atoms with Gasteiger partial charge in [0, 0.05) is 25.2 Å². The molecule has 2 aromatic rings. The fourth-order valence-corrected chi connectivity index (χ4v) is 5.31. The van der Waals surface area contributed by atoms with Crippen molar-refractivity contribution in [2.45, 2.75) is 70.4 Å². The Kier molecular flexibility index (Phi) is 5.96. The summed E-state index contributed by atoms with van der Waals surface area (Å²) in [6.07, 6.45) is 6.50. The number of carbonyl (C=O) groups is 2. The Morgan fingerprint density at radius 1 is 1.20 bits per heavy atom. The summed E-state index contributed by atoms with van der Waals surface area (Å²) in [6.45, 7) is 10.6. The summed E-state index contributed by atoms with van der Waals surface area (Å²) < 4.78 is 7.18. The lowest BCUT2D eigenvalue weighted by molar-refractivity contribution is -0.164. The number of fused-ring (bicyclic) bond motifs is 1. The van der Waals surface area contributed by atoms with Crippen molar-refractivity contribution in [1.82, 2.24) is 24.4 Å². The Labute approximate surface area is 205 Å². The number of ether oxygens (including phenoxy) is 1. The van der Waals surface area contributed by atoms with E-state index in [-0.39, 0.29) is 17.7 Å². The van der Waals surface area contributed by atoms with Crippen LogP contribution in [0.1, 0.15) is 81.0 Å². The molecule has 2 aromatic heterocycles. The number of carbonyl (C=O) groups excluding carboxylic acids is 2. The van der Waals surface area contributed by atoms with Gasteiger partial charge in [0.2, 0.25) is 0 Å². The monoisotopic (exact) mass is 481 g/mol. The second-order valence-electron chi connectivity index (χ2n) is 11.0. The van der Waals surface area contributed by atoms with Gasteiger partial charge in [-0.15, -0.1) is 0 Å². The lowest BCUT2D eigenvalue weighted by atomic mass is 9.78. The lowest BCUT2D eigenvalue weighted by Gasteiger charge is -2.49. The SMILES string of the molecule is CC(C)c1cc(C2=CCOCC2)nn2cc(C(=O)N3CCN(C(=O)C4(O)CCC4)CC3(C)C)nc12. The van der Waals surface area contributed by atoms with Crippen LogP contribution in [0.4, 0.5) is 0 Å². The molecule has 9 nitrogen and oxygen atoms in total. The molecule has 1 saturated heterocycles. The van der Waals surface area contributed by atoms with E-state index in [2.05, 4.69) is 26.0 Å². The number of rotatable bonds is 4. The van der Waals surface area contributed by atoms with Crippen LogP contribution in [-0.2, 0) is 9.53 Å². The summed E-state index contributed by atoms with van der Waals surface area (Å²) in [5.41, 5.74) is 2.32. The first-order valence-electron chi connectivity index (χ1n) is 12.6. The smallest absolute Gasteiger partial charge is 0.274 e. The first-order chi connectivity index (χ1) is 16.6. The molecule has 5 rings (SSSR count). The Morgan fingerprint density at radius 2 is 1.97 bits per heavy atom. The van der Waals surface area contributed by atoms with Crippen molar-refractivity contribution in [1.29, 1.82) is 0 Å². The van der Waals surface area contributed by atoms with Crippen molar-refractivity contribution >= 4 is 23.0 Å². The average Bonchev–Trinajstić information content (AvgIpc) is 3.25. The molecule has 1 saturated carbocycles. The number of aromatic nitrogens is 3. The zero-order valence-corrected chi connectivity index (χ0v) is 21.1. The Morgan fingerprint density at radius 3 is 2.57 bits per heavy atom. The molecule has 0 bridgehead atoms. The maximum Gasteiger partial charge on any atom is 0.274 e. The van der Waals surface area contributed by atoms with Gasteiger partial charge in [-0.2, -0.15) is 5.10 Å². The van der Waals surface area contributed by atoms with Crippen LogP contribution >= 0.6 is 0 Å². The molecular formula is C26H35N5O4. The van der Waals surface area contributed by atoms with E-state index in [9.17, 15) is 14.7 Å². The molecule has 2 aliphatic heterocycles. The highest BCUT2D eigenvalue weighted by Gasteiger charge is 2.48. The largest absolute Gasteiger partial charge is 0.380 e. The van der Waals surface area contributed by atoms with Crippen molar-refractivity contribution in [2.75, 3.05) is 32.8 Å². The standard InChI is InChI=1S/C26H35N5O4/c1-17(2)19-14-20(18-6-12-35-13-7-18)28-31-15-21(27-22(19)31)23(32)30-11-10-29(16-25(30,3)4)24(33)26(34)8-5-9-26/h6,14-15,17,34H,5,7-13,16H2,1-4H3. The number of hydrogen-bond donors (Lipinski definition) is 1. The molecule has 0 radical (unpaired) electrons. The maximum absolute atomic E-state index is 13.6. The van der Waals surface area contributed by atoms with E-state index in [0.717, 1.165) is 29.7 Å². The van der Waals surface area contributed by atoms with Crippen molar-refractivity contribution < 1.29 is 19.4 Å². The van der Waals surface area contributed by atoms with Crippen LogP contribution in [0.5, 0.6) is 0 Å². The molecule has 0 aromatic carbocycles. The molecule has 0 unspecified atom stereocenters. The van der Waals surface area contributed by atoms with Gasteiger partial charge in [-0.3, -0.25) is 9.59 Å². The number of piperazine rings is 1. The molecule has 0 atom stereocenters. The second kappa shape index (κ2) is 8.71. The van der Waals surface area contributed by atoms with E-state index >= 15 is 0 Å². The molecule has 1 aliphatic carbocycles. The number of hydrogen-bond acceptors (Lipinski definition) is 6. The van der Waals surface area contributed by atoms with Crippen molar-refractivity contribution in [2.24, 2.45) is 0 Å². The fraction of sp³-hybridized carbons (Fsp3) is 0.615. The average molecular weight is 482 g/mol. The van der Waals surface area contributed by atoms with Gasteiger partial charge in [0.25, 0.3) is 11.8 Å². The van der Waals surface area contributed by atoms with Crippen LogP contribution in [-0.4, -0.2) is 85.3 Å². The van der Waals surface area contributed by atoms with Crippen molar-refractivity contribution in [3.63, 3.8) is 0 Å². The minimum Gasteiger partial charge on any atom is -0.380 e. The molecule has 35 heavy (non-hydrogen) atoms. The molecule has 1 N–H and O–H groups in total. The molecule has 2 amide bonds. The Hall–Kier alpha value is -2.78. The third-order valence-electron chi connectivity index (χ3n) is 7.60. The van der Waals surface area contributed by atoms with E-state index in [4.69, 9.17) is 14.8 Å². The zero-order valence-electron chi connectivity index (χ0n) is 21.1. The Balaban J connectivity index is 1.42. The maximum atomic E-state index is 13.6. The molecule has 4 heterocycles. The summed E-state index contributed by atoms with van der Waals surface area (Å²) in [6, 6.07) is 2.08. The van der Waals surface area contributed by atoms with Gasteiger partial charge in [0.1, 0.15) is 11.3 Å². The highest BCUT2D eigenvalue weighted by atomic mass is 16.5. The summed E-state index contributed by atoms with van der Waals surface area (Å²) >= 11 is 0. The van der Waals surface area contributed by atoms with Gasteiger partial charge in [-0.1, -0.05) is 19.9 Å². The Bertz CT molecular complexity index is 1190. The van der Waals surface area contributed by atoms with E-state index in [0.29, 0.717) is 57.0 Å². The number of aliphatic hydroxyl groups is 1. The quantitative estimate of drug-likeness (QED) is 0.721. The fourth-order valence-electron chi connectivity index (χ4n) is 5.31. The third kappa shape index (κ3) is 4.25. The van der Waals surface area contributed by atoms with E-state index < -0.39 is 11.1 Å². The van der Waals surface area contributed by atoms with Gasteiger partial charge < -0.3 is 19.6 Å². The number of amides is 2. The molecule has 9 heteroatoms. The van der Waals surface area contributed by atoms with Gasteiger partial charge in [-0.05, 0) is 57.1 Å². The van der Waals surface area contributed by atoms with Crippen LogP contribution in [0.15, 0.2) is 18.3 Å². The van der Waals surface area contributed by atoms with Crippen LogP contribution < -0.4 is 0 Å². The topological polar surface area (TPSA) is 100 Å². The van der Waals surface area contributed by atoms with E-state index in [1.165, 1.54) is 0 Å². The van der Waals surface area contributed by atoms with Crippen molar-refractivity contribution in [3.05, 3.63) is 35.3 Å². The minimum absolute atomic E-state index is 0.170. The molecule has 0 spiro atoms. The molecule has 2 fully saturated rings. The predicted octanol–water partition coefficient (Wildman–Crippen LogP) is 2.63. The van der Waals surface area contributed by atoms with E-state index in [1.54, 1.807) is 20.5 Å². The molecule has 188 valence electrons. The van der Waals surface area contributed by atoms with Crippen LogP contribution in [0.25, 0.3) is 11.2 Å². The van der Waals surface area contributed by atoms with Gasteiger partial charge in [-0.25, -0.2) is 9.50 Å². The highest BCUT2D eigenvalue weighted by molar-refractivity contribution is 5.94. The van der Waals surface area contributed by atoms with Crippen LogP contribution in [0.2, 0.25) is 0 Å². The summed E-state index contributed by atoms with van der Waals surface area (Å²) in [4.78, 5) is 34.7. The highest BCUT2D eigenvalue weighted by Crippen LogP contribution is 2.35. The summed E-state index contributed by atoms with van der Waals surface area (Å²) in [7, 11) is 0. The summed E-state index contributed by atoms with van der Waals surface area (Å²) in [5, 5.41) is 15.3. The minimum atomic E-state index is -1.22. The normalized spacial score (nSPS) is 21.7. The van der Waals surface area contributed by atoms with Gasteiger partial charge >= 0.3 is 0 Å². The van der Waals surface area contributed by atoms with Gasteiger partial charge in [0.15, 0.2) is 5.65 Å². The molecule has 3 aliphatic rings.